The van der Waals surface area contributed by atoms with Crippen molar-refractivity contribution in [1.82, 2.24) is 5.32 Å². The molecule has 0 aromatic rings. The Bertz CT molecular complexity index is 110. The van der Waals surface area contributed by atoms with E-state index in [0.717, 1.165) is 19.3 Å². The van der Waals surface area contributed by atoms with Gasteiger partial charge in [-0.3, -0.25) is 0 Å². The van der Waals surface area contributed by atoms with Crippen LogP contribution in [-0.4, -0.2) is 23.8 Å². The van der Waals surface area contributed by atoms with E-state index in [-0.39, 0.29) is 6.10 Å². The van der Waals surface area contributed by atoms with Gasteiger partial charge >= 0.3 is 0 Å². The Morgan fingerprint density at radius 2 is 2.33 bits per heavy atom. The van der Waals surface area contributed by atoms with E-state index in [1.54, 1.807) is 0 Å². The molecule has 0 aromatic carbocycles. The van der Waals surface area contributed by atoms with Crippen molar-refractivity contribution >= 4 is 0 Å². The fraction of sp³-hybridized carbons (Fsp3) is 1.00. The van der Waals surface area contributed by atoms with Crippen LogP contribution in [-0.2, 0) is 0 Å². The van der Waals surface area contributed by atoms with Crippen LogP contribution >= 0.6 is 0 Å². The fourth-order valence-electron chi connectivity index (χ4n) is 1.77. The molecular formula is C10H21NO. The van der Waals surface area contributed by atoms with E-state index >= 15 is 0 Å². The summed E-state index contributed by atoms with van der Waals surface area (Å²) in [4.78, 5) is 0. The van der Waals surface area contributed by atoms with Gasteiger partial charge in [0, 0.05) is 6.04 Å². The maximum absolute atomic E-state index is 9.36. The molecule has 2 N–H and O–H groups in total. The summed E-state index contributed by atoms with van der Waals surface area (Å²) in [5, 5.41) is 12.8. The molecule has 0 aromatic heterocycles. The van der Waals surface area contributed by atoms with Crippen molar-refractivity contribution < 1.29 is 5.11 Å². The number of aliphatic hydroxyl groups excluding tert-OH is 1. The quantitative estimate of drug-likeness (QED) is 0.674. The van der Waals surface area contributed by atoms with Crippen LogP contribution in [0.3, 0.4) is 0 Å². The molecule has 0 aliphatic carbocycles. The second kappa shape index (κ2) is 5.55. The second-order valence-corrected chi connectivity index (χ2v) is 3.79. The van der Waals surface area contributed by atoms with Gasteiger partial charge in [-0.1, -0.05) is 13.3 Å². The number of hydrogen-bond acceptors (Lipinski definition) is 2. The summed E-state index contributed by atoms with van der Waals surface area (Å²) in [6, 6.07) is 0.681. The Kier molecular flexibility index (Phi) is 4.62. The molecule has 1 aliphatic rings. The first-order valence-electron chi connectivity index (χ1n) is 5.24. The average Bonchev–Trinajstić information content (AvgIpc) is 2.16. The van der Waals surface area contributed by atoms with E-state index in [4.69, 9.17) is 0 Å². The van der Waals surface area contributed by atoms with Crippen LogP contribution in [0.25, 0.3) is 0 Å². The summed E-state index contributed by atoms with van der Waals surface area (Å²) in [6.07, 6.45) is 6.92. The van der Waals surface area contributed by atoms with Crippen molar-refractivity contribution in [3.8, 4) is 0 Å². The van der Waals surface area contributed by atoms with Crippen molar-refractivity contribution in [2.75, 3.05) is 6.54 Å². The molecule has 0 amide bonds. The molecule has 1 heterocycles. The van der Waals surface area contributed by atoms with Crippen LogP contribution in [0.1, 0.15) is 45.4 Å². The molecule has 1 rings (SSSR count). The molecule has 2 unspecified atom stereocenters. The summed E-state index contributed by atoms with van der Waals surface area (Å²) in [5.41, 5.74) is 0. The molecule has 2 atom stereocenters. The minimum atomic E-state index is -0.0753. The number of piperidine rings is 1. The van der Waals surface area contributed by atoms with E-state index in [1.165, 1.54) is 25.8 Å². The van der Waals surface area contributed by atoms with E-state index in [1.807, 2.05) is 6.92 Å². The highest BCUT2D eigenvalue weighted by molar-refractivity contribution is 4.72. The normalized spacial score (nSPS) is 27.0. The second-order valence-electron chi connectivity index (χ2n) is 3.79. The first-order chi connectivity index (χ1) is 5.83. The van der Waals surface area contributed by atoms with Crippen LogP contribution in [0.5, 0.6) is 0 Å². The lowest BCUT2D eigenvalue weighted by Gasteiger charge is -2.24. The van der Waals surface area contributed by atoms with Gasteiger partial charge in [0.1, 0.15) is 0 Å². The molecule has 12 heavy (non-hydrogen) atoms. The molecular weight excluding hydrogens is 150 g/mol. The summed E-state index contributed by atoms with van der Waals surface area (Å²) < 4.78 is 0. The predicted molar refractivity (Wildman–Crippen MR) is 51.2 cm³/mol. The minimum Gasteiger partial charge on any atom is -0.393 e. The maximum atomic E-state index is 9.36. The van der Waals surface area contributed by atoms with Gasteiger partial charge in [0.15, 0.2) is 0 Å². The van der Waals surface area contributed by atoms with E-state index < -0.39 is 0 Å². The van der Waals surface area contributed by atoms with Crippen LogP contribution in [0, 0.1) is 0 Å². The van der Waals surface area contributed by atoms with Crippen molar-refractivity contribution in [2.45, 2.75) is 57.6 Å². The lowest BCUT2D eigenvalue weighted by molar-refractivity contribution is 0.150. The van der Waals surface area contributed by atoms with Gasteiger partial charge < -0.3 is 10.4 Å². The molecule has 72 valence electrons. The largest absolute Gasteiger partial charge is 0.393 e. The van der Waals surface area contributed by atoms with Crippen molar-refractivity contribution in [3.63, 3.8) is 0 Å². The third-order valence-corrected chi connectivity index (χ3v) is 2.73. The fourth-order valence-corrected chi connectivity index (χ4v) is 1.77. The van der Waals surface area contributed by atoms with Crippen molar-refractivity contribution in [2.24, 2.45) is 0 Å². The maximum Gasteiger partial charge on any atom is 0.0538 e. The molecule has 1 fully saturated rings. The van der Waals surface area contributed by atoms with Crippen LogP contribution in [0.4, 0.5) is 0 Å². The van der Waals surface area contributed by atoms with E-state index in [9.17, 15) is 5.11 Å². The van der Waals surface area contributed by atoms with Gasteiger partial charge in [-0.2, -0.15) is 0 Å². The highest BCUT2D eigenvalue weighted by Gasteiger charge is 2.13. The number of nitrogens with one attached hydrogen (secondary N) is 1. The van der Waals surface area contributed by atoms with Crippen LogP contribution in [0.15, 0.2) is 0 Å². The Balaban J connectivity index is 2.05. The Morgan fingerprint density at radius 3 is 2.92 bits per heavy atom. The summed E-state index contributed by atoms with van der Waals surface area (Å²) in [7, 11) is 0. The van der Waals surface area contributed by atoms with Gasteiger partial charge in [-0.15, -0.1) is 0 Å². The Morgan fingerprint density at radius 1 is 1.50 bits per heavy atom. The van der Waals surface area contributed by atoms with Gasteiger partial charge in [0.25, 0.3) is 0 Å². The molecule has 0 spiro atoms. The molecule has 1 saturated heterocycles. The topological polar surface area (TPSA) is 32.3 Å². The summed E-state index contributed by atoms with van der Waals surface area (Å²) >= 11 is 0. The van der Waals surface area contributed by atoms with Crippen molar-refractivity contribution in [3.05, 3.63) is 0 Å². The highest BCUT2D eigenvalue weighted by atomic mass is 16.3. The third-order valence-electron chi connectivity index (χ3n) is 2.73. The summed E-state index contributed by atoms with van der Waals surface area (Å²) in [5.74, 6) is 0. The third kappa shape index (κ3) is 3.55. The molecule has 2 nitrogen and oxygen atoms in total. The van der Waals surface area contributed by atoms with Gasteiger partial charge in [0.2, 0.25) is 0 Å². The first-order valence-corrected chi connectivity index (χ1v) is 5.24. The highest BCUT2D eigenvalue weighted by Crippen LogP contribution is 2.13. The van der Waals surface area contributed by atoms with Gasteiger partial charge in [-0.25, -0.2) is 0 Å². The molecule has 1 aliphatic heterocycles. The van der Waals surface area contributed by atoms with Gasteiger partial charge in [0.05, 0.1) is 6.10 Å². The lowest BCUT2D eigenvalue weighted by atomic mass is 9.98. The Labute approximate surface area is 75.4 Å². The van der Waals surface area contributed by atoms with Crippen LogP contribution < -0.4 is 5.32 Å². The monoisotopic (exact) mass is 171 g/mol. The Hall–Kier alpha value is -0.0800. The number of rotatable bonds is 4. The van der Waals surface area contributed by atoms with E-state index in [0.29, 0.717) is 6.04 Å². The standard InChI is InChI=1S/C10H21NO/c1-2-10(12)7-6-9-5-3-4-8-11-9/h9-12H,2-8H2,1H3. The lowest BCUT2D eigenvalue weighted by Crippen LogP contribution is -2.34. The first kappa shape index (κ1) is 10.0. The van der Waals surface area contributed by atoms with Crippen molar-refractivity contribution in [1.29, 1.82) is 0 Å². The summed E-state index contributed by atoms with van der Waals surface area (Å²) in [6.45, 7) is 3.21. The SMILES string of the molecule is CCC(O)CCC1CCCCN1. The molecule has 0 saturated carbocycles. The predicted octanol–water partition coefficient (Wildman–Crippen LogP) is 1.68. The average molecular weight is 171 g/mol. The zero-order chi connectivity index (χ0) is 8.81. The van der Waals surface area contributed by atoms with Crippen LogP contribution in [0.2, 0.25) is 0 Å². The zero-order valence-electron chi connectivity index (χ0n) is 8.05. The number of hydrogen-bond donors (Lipinski definition) is 2. The number of aliphatic hydroxyl groups is 1. The minimum absolute atomic E-state index is 0.0753. The zero-order valence-corrected chi connectivity index (χ0v) is 8.05. The smallest absolute Gasteiger partial charge is 0.0538 e. The van der Waals surface area contributed by atoms with E-state index in [2.05, 4.69) is 5.32 Å². The van der Waals surface area contributed by atoms with Gasteiger partial charge in [-0.05, 0) is 38.6 Å². The molecule has 0 radical (unpaired) electrons. The molecule has 0 bridgehead atoms. The molecule has 2 heteroatoms.